The minimum atomic E-state index is -3.83. The van der Waals surface area contributed by atoms with Gasteiger partial charge in [0, 0.05) is 13.1 Å². The summed E-state index contributed by atoms with van der Waals surface area (Å²) in [6.45, 7) is -1.22. The van der Waals surface area contributed by atoms with Crippen LogP contribution in [0.2, 0.25) is 0 Å². The topological polar surface area (TPSA) is 102 Å². The average molecular weight is 541 g/mol. The van der Waals surface area contributed by atoms with Gasteiger partial charge < -0.3 is 14.8 Å². The molecule has 1 amide bonds. The van der Waals surface area contributed by atoms with Crippen molar-refractivity contribution in [2.45, 2.75) is 4.90 Å². The van der Waals surface area contributed by atoms with Crippen molar-refractivity contribution in [3.8, 4) is 5.75 Å². The number of hydrogen-bond acceptors (Lipinski definition) is 6. The number of halogens is 2. The van der Waals surface area contributed by atoms with Crippen LogP contribution in [0.5, 0.6) is 5.75 Å². The van der Waals surface area contributed by atoms with Crippen molar-refractivity contribution in [1.82, 2.24) is 0 Å². The molecular formula is C27H22F2N2O6S. The molecule has 196 valence electrons. The quantitative estimate of drug-likeness (QED) is 0.314. The number of sulfonamides is 1. The van der Waals surface area contributed by atoms with Gasteiger partial charge in [0.2, 0.25) is 0 Å². The predicted molar refractivity (Wildman–Crippen MR) is 137 cm³/mol. The van der Waals surface area contributed by atoms with E-state index in [1.807, 2.05) is 24.3 Å². The fraction of sp³-hybridized carbons (Fsp3) is 0.111. The van der Waals surface area contributed by atoms with E-state index >= 15 is 0 Å². The number of benzene rings is 4. The van der Waals surface area contributed by atoms with Gasteiger partial charge in [-0.15, -0.1) is 0 Å². The molecule has 38 heavy (non-hydrogen) atoms. The molecule has 0 spiro atoms. The molecule has 4 rings (SSSR count). The van der Waals surface area contributed by atoms with Gasteiger partial charge in [0.1, 0.15) is 17.4 Å². The molecule has 0 aromatic heterocycles. The first-order valence-corrected chi connectivity index (χ1v) is 12.7. The van der Waals surface area contributed by atoms with Gasteiger partial charge >= 0.3 is 5.97 Å². The summed E-state index contributed by atoms with van der Waals surface area (Å²) in [7, 11) is -2.40. The third-order valence-electron chi connectivity index (χ3n) is 5.51. The van der Waals surface area contributed by atoms with E-state index in [4.69, 9.17) is 9.47 Å². The Morgan fingerprint density at radius 3 is 2.29 bits per heavy atom. The highest BCUT2D eigenvalue weighted by Gasteiger charge is 2.22. The molecule has 0 fully saturated rings. The van der Waals surface area contributed by atoms with Crippen LogP contribution in [0.15, 0.2) is 89.8 Å². The van der Waals surface area contributed by atoms with Crippen molar-refractivity contribution in [2.75, 3.05) is 29.9 Å². The summed E-state index contributed by atoms with van der Waals surface area (Å²) < 4.78 is 64.0. The number of nitrogens with zero attached hydrogens (tertiary/aromatic N) is 1. The lowest BCUT2D eigenvalue weighted by Gasteiger charge is -2.20. The van der Waals surface area contributed by atoms with Gasteiger partial charge in [-0.25, -0.2) is 22.0 Å². The van der Waals surface area contributed by atoms with Crippen molar-refractivity contribution in [2.24, 2.45) is 0 Å². The van der Waals surface area contributed by atoms with Crippen molar-refractivity contribution < 1.29 is 36.3 Å². The second kappa shape index (κ2) is 11.3. The van der Waals surface area contributed by atoms with Gasteiger partial charge in [-0.05, 0) is 59.3 Å². The van der Waals surface area contributed by atoms with Crippen molar-refractivity contribution in [3.05, 3.63) is 96.6 Å². The van der Waals surface area contributed by atoms with Crippen LogP contribution in [0.3, 0.4) is 0 Å². The number of rotatable bonds is 9. The maximum atomic E-state index is 13.6. The zero-order valence-corrected chi connectivity index (χ0v) is 20.9. The van der Waals surface area contributed by atoms with Gasteiger partial charge in [0.25, 0.3) is 15.9 Å². The molecule has 4 aromatic rings. The molecule has 8 nitrogen and oxygen atoms in total. The van der Waals surface area contributed by atoms with E-state index < -0.39 is 46.7 Å². The van der Waals surface area contributed by atoms with Crippen molar-refractivity contribution in [3.63, 3.8) is 0 Å². The zero-order valence-electron chi connectivity index (χ0n) is 20.1. The zero-order chi connectivity index (χ0) is 27.3. The Labute approximate surface area is 217 Å². The highest BCUT2D eigenvalue weighted by molar-refractivity contribution is 7.92. The van der Waals surface area contributed by atoms with Crippen LogP contribution in [0.4, 0.5) is 20.2 Å². The molecule has 0 atom stereocenters. The number of anilines is 2. The number of hydrogen-bond donors (Lipinski definition) is 1. The minimum absolute atomic E-state index is 0.146. The van der Waals surface area contributed by atoms with Crippen LogP contribution < -0.4 is 14.4 Å². The molecule has 0 aliphatic heterocycles. The Hall–Kier alpha value is -4.51. The fourth-order valence-corrected chi connectivity index (χ4v) is 4.72. The van der Waals surface area contributed by atoms with Crippen molar-refractivity contribution >= 4 is 44.0 Å². The van der Waals surface area contributed by atoms with Gasteiger partial charge in [-0.1, -0.05) is 30.3 Å². The first kappa shape index (κ1) is 26.6. The molecule has 1 N–H and O–H groups in total. The molecule has 0 bridgehead atoms. The number of ether oxygens (including phenoxy) is 2. The van der Waals surface area contributed by atoms with Crippen LogP contribution in [0, 0.1) is 11.6 Å². The first-order valence-electron chi connectivity index (χ1n) is 11.2. The summed E-state index contributed by atoms with van der Waals surface area (Å²) in [5, 5.41) is 3.89. The van der Waals surface area contributed by atoms with E-state index in [0.29, 0.717) is 11.8 Å². The summed E-state index contributed by atoms with van der Waals surface area (Å²) in [4.78, 5) is 23.9. The number of amides is 1. The normalized spacial score (nSPS) is 11.1. The van der Waals surface area contributed by atoms with Crippen LogP contribution in [0.25, 0.3) is 10.8 Å². The largest absolute Gasteiger partial charge is 0.482 e. The molecular weight excluding hydrogens is 518 g/mol. The molecule has 4 aromatic carbocycles. The summed E-state index contributed by atoms with van der Waals surface area (Å²) in [5.41, 5.74) is 0.120. The third-order valence-corrected chi connectivity index (χ3v) is 7.29. The maximum absolute atomic E-state index is 13.6. The van der Waals surface area contributed by atoms with Crippen LogP contribution >= 0.6 is 0 Å². The van der Waals surface area contributed by atoms with E-state index in [1.165, 1.54) is 31.3 Å². The smallest absolute Gasteiger partial charge is 0.344 e. The molecule has 0 unspecified atom stereocenters. The summed E-state index contributed by atoms with van der Waals surface area (Å²) >= 11 is 0. The van der Waals surface area contributed by atoms with Crippen LogP contribution in [-0.2, 0) is 24.3 Å². The number of carbonyl (C=O) groups excluding carboxylic acids is 2. The van der Waals surface area contributed by atoms with Crippen LogP contribution in [0.1, 0.15) is 0 Å². The Bertz CT molecular complexity index is 1590. The van der Waals surface area contributed by atoms with E-state index in [9.17, 15) is 26.8 Å². The minimum Gasteiger partial charge on any atom is -0.482 e. The molecule has 0 heterocycles. The van der Waals surface area contributed by atoms with Crippen molar-refractivity contribution in [1.29, 1.82) is 0 Å². The summed E-state index contributed by atoms with van der Waals surface area (Å²) in [6.07, 6.45) is 0. The van der Waals surface area contributed by atoms with E-state index in [0.717, 1.165) is 27.2 Å². The lowest BCUT2D eigenvalue weighted by Crippen LogP contribution is -2.26. The molecule has 0 aliphatic carbocycles. The monoisotopic (exact) mass is 540 g/mol. The third kappa shape index (κ3) is 6.24. The maximum Gasteiger partial charge on any atom is 0.344 e. The van der Waals surface area contributed by atoms with Crippen LogP contribution in [-0.4, -0.2) is 40.6 Å². The average Bonchev–Trinajstić information content (AvgIpc) is 2.92. The van der Waals surface area contributed by atoms with Gasteiger partial charge in [-0.3, -0.25) is 9.10 Å². The second-order valence-electron chi connectivity index (χ2n) is 8.10. The Balaban J connectivity index is 1.29. The fourth-order valence-electron chi connectivity index (χ4n) is 3.48. The highest BCUT2D eigenvalue weighted by Crippen LogP contribution is 2.26. The Morgan fingerprint density at radius 1 is 0.868 bits per heavy atom. The van der Waals surface area contributed by atoms with E-state index in [2.05, 4.69) is 5.32 Å². The SMILES string of the molecule is CN(c1ccc(OCC(=O)OCC(=O)Nc2ccc(F)cc2F)cc1)S(=O)(=O)c1ccc2ccccc2c1. The molecule has 0 radical (unpaired) electrons. The van der Waals surface area contributed by atoms with E-state index in [1.54, 1.807) is 18.2 Å². The lowest BCUT2D eigenvalue weighted by molar-refractivity contribution is -0.149. The second-order valence-corrected chi connectivity index (χ2v) is 10.1. The Morgan fingerprint density at radius 2 is 1.58 bits per heavy atom. The number of esters is 1. The molecule has 0 aliphatic rings. The number of carbonyl (C=O) groups is 2. The van der Waals surface area contributed by atoms with E-state index in [-0.39, 0.29) is 16.3 Å². The predicted octanol–water partition coefficient (Wildman–Crippen LogP) is 4.50. The summed E-state index contributed by atoms with van der Waals surface area (Å²) in [5.74, 6) is -3.17. The number of nitrogens with one attached hydrogen (secondary N) is 1. The number of fused-ring (bicyclic) bond motifs is 1. The standard InChI is InChI=1S/C27H22F2N2O6S/c1-31(38(34,35)23-12-6-18-4-2-3-5-19(18)14-23)21-8-10-22(11-9-21)36-17-27(33)37-16-26(32)30-25-13-7-20(28)15-24(25)29/h2-15H,16-17H2,1H3,(H,30,32). The van der Waals surface area contributed by atoms with Gasteiger partial charge in [-0.2, -0.15) is 0 Å². The first-order chi connectivity index (χ1) is 18.1. The molecule has 0 saturated heterocycles. The van der Waals surface area contributed by atoms with Gasteiger partial charge in [0.05, 0.1) is 16.3 Å². The summed E-state index contributed by atoms with van der Waals surface area (Å²) in [6, 6.07) is 21.0. The molecule has 11 heteroatoms. The highest BCUT2D eigenvalue weighted by atomic mass is 32.2. The van der Waals surface area contributed by atoms with Gasteiger partial charge in [0.15, 0.2) is 13.2 Å². The Kier molecular flexibility index (Phi) is 7.87. The molecule has 0 saturated carbocycles. The lowest BCUT2D eigenvalue weighted by atomic mass is 10.1.